The predicted octanol–water partition coefficient (Wildman–Crippen LogP) is 3.28. The molecule has 0 aromatic heterocycles. The Morgan fingerprint density at radius 2 is 1.71 bits per heavy atom. The summed E-state index contributed by atoms with van der Waals surface area (Å²) in [6.07, 6.45) is 0. The summed E-state index contributed by atoms with van der Waals surface area (Å²) in [5, 5.41) is 0. The van der Waals surface area contributed by atoms with Gasteiger partial charge in [-0.1, -0.05) is 49.1 Å². The molecule has 0 aliphatic carbocycles. The van der Waals surface area contributed by atoms with Crippen LogP contribution in [-0.2, 0) is 9.84 Å². The fourth-order valence-corrected chi connectivity index (χ4v) is 4.94. The van der Waals surface area contributed by atoms with Gasteiger partial charge in [-0.2, -0.15) is 0 Å². The first-order valence-electron chi connectivity index (χ1n) is 5.67. The standard InChI is InChI=1S/C13H20O2SSi/c1-12(11-17(2,3)4)10-16(14,15)13-8-6-5-7-9-13/h5-9,11H,10H2,1-4H3/b12-11+. The van der Waals surface area contributed by atoms with Crippen molar-refractivity contribution in [1.29, 1.82) is 0 Å². The van der Waals surface area contributed by atoms with Gasteiger partial charge < -0.3 is 0 Å². The van der Waals surface area contributed by atoms with Crippen molar-refractivity contribution in [3.05, 3.63) is 41.6 Å². The zero-order valence-electron chi connectivity index (χ0n) is 10.9. The zero-order valence-corrected chi connectivity index (χ0v) is 12.7. The summed E-state index contributed by atoms with van der Waals surface area (Å²) in [7, 11) is -4.53. The van der Waals surface area contributed by atoms with E-state index in [1.165, 1.54) is 0 Å². The number of hydrogen-bond acceptors (Lipinski definition) is 2. The van der Waals surface area contributed by atoms with E-state index in [1.54, 1.807) is 24.3 Å². The van der Waals surface area contributed by atoms with E-state index in [0.29, 0.717) is 4.90 Å². The lowest BCUT2D eigenvalue weighted by atomic mass is 10.4. The summed E-state index contributed by atoms with van der Waals surface area (Å²) in [6.45, 7) is 8.50. The van der Waals surface area contributed by atoms with Gasteiger partial charge in [-0.15, -0.1) is 0 Å². The second-order valence-corrected chi connectivity index (χ2v) is 12.4. The summed E-state index contributed by atoms with van der Waals surface area (Å²) in [4.78, 5) is 0.406. The third kappa shape index (κ3) is 4.87. The van der Waals surface area contributed by atoms with E-state index in [1.807, 2.05) is 13.0 Å². The summed E-state index contributed by atoms with van der Waals surface area (Å²) >= 11 is 0. The van der Waals surface area contributed by atoms with E-state index >= 15 is 0 Å². The number of benzene rings is 1. The number of rotatable bonds is 4. The first kappa shape index (κ1) is 14.2. The van der Waals surface area contributed by atoms with Crippen LogP contribution in [0.25, 0.3) is 0 Å². The Bertz CT molecular complexity index is 496. The quantitative estimate of drug-likeness (QED) is 0.785. The fraction of sp³-hybridized carbons (Fsp3) is 0.385. The third-order valence-electron chi connectivity index (χ3n) is 2.20. The summed E-state index contributed by atoms with van der Waals surface area (Å²) in [5.74, 6) is 0.126. The van der Waals surface area contributed by atoms with E-state index in [2.05, 4.69) is 25.3 Å². The van der Waals surface area contributed by atoms with E-state index in [9.17, 15) is 8.42 Å². The zero-order chi connectivity index (χ0) is 13.1. The maximum absolute atomic E-state index is 12.1. The van der Waals surface area contributed by atoms with Crippen LogP contribution in [0.4, 0.5) is 0 Å². The van der Waals surface area contributed by atoms with Crippen LogP contribution in [0, 0.1) is 0 Å². The Balaban J connectivity index is 2.93. The Kier molecular flexibility index (Phi) is 4.33. The van der Waals surface area contributed by atoms with Gasteiger partial charge >= 0.3 is 0 Å². The molecule has 0 saturated carbocycles. The van der Waals surface area contributed by atoms with Crippen LogP contribution in [0.5, 0.6) is 0 Å². The molecule has 1 aromatic carbocycles. The Hall–Kier alpha value is -0.873. The van der Waals surface area contributed by atoms with Gasteiger partial charge in [0.25, 0.3) is 0 Å². The predicted molar refractivity (Wildman–Crippen MR) is 75.6 cm³/mol. The molecule has 0 amide bonds. The molecule has 0 saturated heterocycles. The van der Waals surface area contributed by atoms with E-state index in [0.717, 1.165) is 5.57 Å². The summed E-state index contributed by atoms with van der Waals surface area (Å²) < 4.78 is 24.2. The average molecular weight is 268 g/mol. The van der Waals surface area contributed by atoms with Gasteiger partial charge in [0.05, 0.1) is 18.7 Å². The van der Waals surface area contributed by atoms with Gasteiger partial charge in [0.15, 0.2) is 9.84 Å². The first-order valence-corrected chi connectivity index (χ1v) is 10.9. The highest BCUT2D eigenvalue weighted by molar-refractivity contribution is 7.91. The van der Waals surface area contributed by atoms with E-state index in [4.69, 9.17) is 0 Å². The van der Waals surface area contributed by atoms with Crippen molar-refractivity contribution in [2.75, 3.05) is 5.75 Å². The van der Waals surface area contributed by atoms with Crippen LogP contribution >= 0.6 is 0 Å². The largest absolute Gasteiger partial charge is 0.223 e. The van der Waals surface area contributed by atoms with Gasteiger partial charge in [0.2, 0.25) is 0 Å². The molecule has 0 bridgehead atoms. The lowest BCUT2D eigenvalue weighted by molar-refractivity contribution is 0.598. The van der Waals surface area contributed by atoms with Crippen molar-refractivity contribution in [1.82, 2.24) is 0 Å². The minimum absolute atomic E-state index is 0.126. The summed E-state index contributed by atoms with van der Waals surface area (Å²) in [6, 6.07) is 8.63. The maximum Gasteiger partial charge on any atom is 0.182 e. The molecule has 0 atom stereocenters. The van der Waals surface area contributed by atoms with Crippen LogP contribution in [-0.4, -0.2) is 22.2 Å². The van der Waals surface area contributed by atoms with Crippen molar-refractivity contribution in [2.24, 2.45) is 0 Å². The third-order valence-corrected chi connectivity index (χ3v) is 5.38. The maximum atomic E-state index is 12.1. The Labute approximate surface area is 105 Å². The van der Waals surface area contributed by atoms with Crippen LogP contribution in [0.2, 0.25) is 19.6 Å². The number of sulfone groups is 1. The highest BCUT2D eigenvalue weighted by Crippen LogP contribution is 2.15. The molecule has 94 valence electrons. The topological polar surface area (TPSA) is 34.1 Å². The average Bonchev–Trinajstić information content (AvgIpc) is 2.15. The Morgan fingerprint density at radius 1 is 1.18 bits per heavy atom. The van der Waals surface area contributed by atoms with Crippen LogP contribution < -0.4 is 0 Å². The molecule has 1 rings (SSSR count). The molecule has 17 heavy (non-hydrogen) atoms. The van der Waals surface area contributed by atoms with E-state index in [-0.39, 0.29) is 5.75 Å². The molecule has 2 nitrogen and oxygen atoms in total. The molecule has 0 radical (unpaired) electrons. The van der Waals surface area contributed by atoms with Gasteiger partial charge in [0.1, 0.15) is 0 Å². The molecular formula is C13H20O2SSi. The molecule has 0 N–H and O–H groups in total. The molecule has 0 aliphatic rings. The van der Waals surface area contributed by atoms with Crippen molar-refractivity contribution in [3.63, 3.8) is 0 Å². The SMILES string of the molecule is C/C(=C\[Si](C)(C)C)CS(=O)(=O)c1ccccc1. The van der Waals surface area contributed by atoms with Crippen molar-refractivity contribution < 1.29 is 8.42 Å². The lowest BCUT2D eigenvalue weighted by Crippen LogP contribution is -2.18. The van der Waals surface area contributed by atoms with Gasteiger partial charge in [-0.25, -0.2) is 8.42 Å². The highest BCUT2D eigenvalue weighted by Gasteiger charge is 2.16. The molecule has 0 fully saturated rings. The van der Waals surface area contributed by atoms with Crippen molar-refractivity contribution in [3.8, 4) is 0 Å². The minimum Gasteiger partial charge on any atom is -0.223 e. The van der Waals surface area contributed by atoms with Crippen LogP contribution in [0.15, 0.2) is 46.5 Å². The highest BCUT2D eigenvalue weighted by atomic mass is 32.2. The molecular weight excluding hydrogens is 248 g/mol. The second kappa shape index (κ2) is 5.19. The fourth-order valence-electron chi connectivity index (χ4n) is 1.79. The normalized spacial score (nSPS) is 13.8. The van der Waals surface area contributed by atoms with Gasteiger partial charge in [-0.3, -0.25) is 0 Å². The first-order chi connectivity index (χ1) is 7.71. The summed E-state index contributed by atoms with van der Waals surface area (Å²) in [5.41, 5.74) is 3.10. The lowest BCUT2D eigenvalue weighted by Gasteiger charge is -2.12. The molecule has 1 aromatic rings. The van der Waals surface area contributed by atoms with Crippen LogP contribution in [0.1, 0.15) is 6.92 Å². The smallest absolute Gasteiger partial charge is 0.182 e. The molecule has 4 heteroatoms. The molecule has 0 heterocycles. The monoisotopic (exact) mass is 268 g/mol. The van der Waals surface area contributed by atoms with Gasteiger partial charge in [-0.05, 0) is 19.1 Å². The van der Waals surface area contributed by atoms with Crippen molar-refractivity contribution in [2.45, 2.75) is 31.5 Å². The second-order valence-electron chi connectivity index (χ2n) is 5.43. The molecule has 0 aliphatic heterocycles. The molecule has 0 unspecified atom stereocenters. The van der Waals surface area contributed by atoms with Gasteiger partial charge in [0, 0.05) is 0 Å². The van der Waals surface area contributed by atoms with Crippen molar-refractivity contribution >= 4 is 17.9 Å². The van der Waals surface area contributed by atoms with E-state index < -0.39 is 17.9 Å². The minimum atomic E-state index is -3.18. The molecule has 0 spiro atoms. The Morgan fingerprint density at radius 3 is 2.18 bits per heavy atom. The number of hydrogen-bond donors (Lipinski definition) is 0. The van der Waals surface area contributed by atoms with Crippen LogP contribution in [0.3, 0.4) is 0 Å².